The average molecular weight is 219 g/mol. The van der Waals surface area contributed by atoms with Crippen molar-refractivity contribution in [1.29, 1.82) is 0 Å². The topological polar surface area (TPSA) is 47.8 Å². The Hall–Kier alpha value is -2.04. The predicted octanol–water partition coefficient (Wildman–Crippen LogP) is 1.29. The first kappa shape index (κ1) is 10.5. The number of halogens is 1. The van der Waals surface area contributed by atoms with Crippen LogP contribution in [0.5, 0.6) is 0 Å². The number of hydrogen-bond donors (Lipinski definition) is 0. The Labute approximate surface area is 91.4 Å². The van der Waals surface area contributed by atoms with Crippen LogP contribution in [-0.2, 0) is 7.05 Å². The summed E-state index contributed by atoms with van der Waals surface area (Å²) in [6.45, 7) is 1.70. The molecule has 0 amide bonds. The molecule has 0 fully saturated rings. The van der Waals surface area contributed by atoms with Gasteiger partial charge in [-0.05, 0) is 13.0 Å². The summed E-state index contributed by atoms with van der Waals surface area (Å²) in [5.41, 5.74) is 0.412. The van der Waals surface area contributed by atoms with Gasteiger partial charge in [-0.3, -0.25) is 9.78 Å². The Balaban J connectivity index is 2.67. The number of aromatic nitrogens is 3. The van der Waals surface area contributed by atoms with Crippen LogP contribution in [-0.4, -0.2) is 14.5 Å². The molecule has 0 unspecified atom stereocenters. The van der Waals surface area contributed by atoms with Gasteiger partial charge in [0.05, 0.1) is 11.9 Å². The lowest BCUT2D eigenvalue weighted by Gasteiger charge is -2.06. The fourth-order valence-electron chi connectivity index (χ4n) is 1.38. The lowest BCUT2D eigenvalue weighted by molar-refractivity contribution is 0.623. The summed E-state index contributed by atoms with van der Waals surface area (Å²) in [6, 6.07) is 2.81. The molecular weight excluding hydrogens is 209 g/mol. The van der Waals surface area contributed by atoms with Gasteiger partial charge in [0.25, 0.3) is 5.56 Å². The van der Waals surface area contributed by atoms with Gasteiger partial charge in [0, 0.05) is 24.9 Å². The summed E-state index contributed by atoms with van der Waals surface area (Å²) < 4.78 is 14.8. The first-order valence-corrected chi connectivity index (χ1v) is 4.74. The van der Waals surface area contributed by atoms with Crippen LogP contribution in [0.1, 0.15) is 5.82 Å². The highest BCUT2D eigenvalue weighted by atomic mass is 19.1. The van der Waals surface area contributed by atoms with Gasteiger partial charge >= 0.3 is 0 Å². The number of aryl methyl sites for hydroxylation is 1. The fraction of sp³-hybridized carbons (Fsp3) is 0.182. The van der Waals surface area contributed by atoms with Crippen LogP contribution in [0, 0.1) is 12.7 Å². The number of pyridine rings is 1. The predicted molar refractivity (Wildman–Crippen MR) is 57.4 cm³/mol. The van der Waals surface area contributed by atoms with Crippen molar-refractivity contribution in [3.05, 3.63) is 46.5 Å². The second kappa shape index (κ2) is 3.84. The maximum atomic E-state index is 13.4. The fourth-order valence-corrected chi connectivity index (χ4v) is 1.38. The smallest absolute Gasteiger partial charge is 0.253 e. The summed E-state index contributed by atoms with van der Waals surface area (Å²) in [5.74, 6) is 0.0568. The van der Waals surface area contributed by atoms with Gasteiger partial charge in [0.2, 0.25) is 0 Å². The second-order valence-corrected chi connectivity index (χ2v) is 3.44. The SMILES string of the molecule is Cc1nc(-c2ccncc2F)cc(=O)n1C. The van der Waals surface area contributed by atoms with Crippen molar-refractivity contribution in [3.63, 3.8) is 0 Å². The quantitative estimate of drug-likeness (QED) is 0.726. The van der Waals surface area contributed by atoms with E-state index in [0.29, 0.717) is 11.5 Å². The molecule has 0 aliphatic carbocycles. The summed E-state index contributed by atoms with van der Waals surface area (Å²) in [5, 5.41) is 0. The standard InChI is InChI=1S/C11H10FN3O/c1-7-14-10(5-11(16)15(7)2)8-3-4-13-6-9(8)12/h3-6H,1-2H3. The van der Waals surface area contributed by atoms with E-state index in [2.05, 4.69) is 9.97 Å². The highest BCUT2D eigenvalue weighted by Crippen LogP contribution is 2.17. The second-order valence-electron chi connectivity index (χ2n) is 3.44. The molecule has 2 aromatic rings. The zero-order chi connectivity index (χ0) is 11.7. The third-order valence-corrected chi connectivity index (χ3v) is 2.41. The van der Waals surface area contributed by atoms with Crippen LogP contribution in [0.4, 0.5) is 4.39 Å². The molecule has 0 spiro atoms. The summed E-state index contributed by atoms with van der Waals surface area (Å²) >= 11 is 0. The third-order valence-electron chi connectivity index (χ3n) is 2.41. The van der Waals surface area contributed by atoms with E-state index in [9.17, 15) is 9.18 Å². The van der Waals surface area contributed by atoms with Crippen molar-refractivity contribution in [2.24, 2.45) is 7.05 Å². The highest BCUT2D eigenvalue weighted by Gasteiger charge is 2.08. The molecule has 4 nitrogen and oxygen atoms in total. The number of hydrogen-bond acceptors (Lipinski definition) is 3. The van der Waals surface area contributed by atoms with E-state index < -0.39 is 5.82 Å². The molecule has 0 bridgehead atoms. The van der Waals surface area contributed by atoms with Crippen molar-refractivity contribution >= 4 is 0 Å². The van der Waals surface area contributed by atoms with Crippen LogP contribution < -0.4 is 5.56 Å². The molecule has 2 aromatic heterocycles. The van der Waals surface area contributed by atoms with E-state index in [4.69, 9.17) is 0 Å². The maximum absolute atomic E-state index is 13.4. The highest BCUT2D eigenvalue weighted by molar-refractivity contribution is 5.58. The molecule has 0 atom stereocenters. The molecule has 0 saturated carbocycles. The van der Waals surface area contributed by atoms with E-state index >= 15 is 0 Å². The van der Waals surface area contributed by atoms with Crippen molar-refractivity contribution in [2.75, 3.05) is 0 Å². The normalized spacial score (nSPS) is 10.4. The van der Waals surface area contributed by atoms with Crippen LogP contribution >= 0.6 is 0 Å². The molecule has 5 heteroatoms. The number of rotatable bonds is 1. The summed E-state index contributed by atoms with van der Waals surface area (Å²) in [7, 11) is 1.62. The largest absolute Gasteiger partial charge is 0.300 e. The van der Waals surface area contributed by atoms with Gasteiger partial charge < -0.3 is 4.57 Å². The van der Waals surface area contributed by atoms with Gasteiger partial charge in [0.1, 0.15) is 5.82 Å². The van der Waals surface area contributed by atoms with Crippen molar-refractivity contribution in [3.8, 4) is 11.3 Å². The lowest BCUT2D eigenvalue weighted by atomic mass is 10.2. The first-order valence-electron chi connectivity index (χ1n) is 4.74. The Morgan fingerprint density at radius 3 is 2.81 bits per heavy atom. The minimum absolute atomic E-state index is 0.210. The molecule has 0 aliphatic heterocycles. The summed E-state index contributed by atoms with van der Waals surface area (Å²) in [6.07, 6.45) is 2.57. The average Bonchev–Trinajstić information content (AvgIpc) is 2.26. The van der Waals surface area contributed by atoms with Crippen molar-refractivity contribution < 1.29 is 4.39 Å². The Bertz CT molecular complexity index is 592. The molecule has 0 saturated heterocycles. The lowest BCUT2D eigenvalue weighted by Crippen LogP contribution is -2.19. The molecular formula is C11H10FN3O. The molecule has 2 rings (SSSR count). The Morgan fingerprint density at radius 1 is 1.44 bits per heavy atom. The molecule has 16 heavy (non-hydrogen) atoms. The Kier molecular flexibility index (Phi) is 2.52. The first-order chi connectivity index (χ1) is 7.59. The van der Waals surface area contributed by atoms with Gasteiger partial charge in [-0.2, -0.15) is 0 Å². The monoisotopic (exact) mass is 219 g/mol. The van der Waals surface area contributed by atoms with Crippen molar-refractivity contribution in [2.45, 2.75) is 6.92 Å². The van der Waals surface area contributed by atoms with E-state index in [1.807, 2.05) is 0 Å². The maximum Gasteiger partial charge on any atom is 0.253 e. The zero-order valence-corrected chi connectivity index (χ0v) is 8.94. The molecule has 0 aliphatic rings. The van der Waals surface area contributed by atoms with Gasteiger partial charge in [-0.25, -0.2) is 9.37 Å². The van der Waals surface area contributed by atoms with Gasteiger partial charge in [-0.1, -0.05) is 0 Å². The van der Waals surface area contributed by atoms with E-state index in [-0.39, 0.29) is 11.1 Å². The van der Waals surface area contributed by atoms with Crippen LogP contribution in [0.3, 0.4) is 0 Å². The van der Waals surface area contributed by atoms with E-state index in [0.717, 1.165) is 6.20 Å². The van der Waals surface area contributed by atoms with E-state index in [1.54, 1.807) is 14.0 Å². The summed E-state index contributed by atoms with van der Waals surface area (Å²) in [4.78, 5) is 19.3. The number of nitrogens with zero attached hydrogens (tertiary/aromatic N) is 3. The van der Waals surface area contributed by atoms with Crippen LogP contribution in [0.25, 0.3) is 11.3 Å². The van der Waals surface area contributed by atoms with Crippen molar-refractivity contribution in [1.82, 2.24) is 14.5 Å². The third kappa shape index (κ3) is 1.71. The molecule has 2 heterocycles. The molecule has 0 N–H and O–H groups in total. The minimum Gasteiger partial charge on any atom is -0.300 e. The molecule has 0 radical (unpaired) electrons. The molecule has 0 aromatic carbocycles. The van der Waals surface area contributed by atoms with Gasteiger partial charge in [-0.15, -0.1) is 0 Å². The minimum atomic E-state index is -0.484. The van der Waals surface area contributed by atoms with Crippen LogP contribution in [0.15, 0.2) is 29.3 Å². The van der Waals surface area contributed by atoms with Crippen LogP contribution in [0.2, 0.25) is 0 Å². The van der Waals surface area contributed by atoms with Gasteiger partial charge in [0.15, 0.2) is 5.82 Å². The molecule has 82 valence electrons. The Morgan fingerprint density at radius 2 is 2.19 bits per heavy atom. The zero-order valence-electron chi connectivity index (χ0n) is 8.94. The van der Waals surface area contributed by atoms with E-state index in [1.165, 1.54) is 22.9 Å².